The zero-order chi connectivity index (χ0) is 10.9. The molecule has 0 saturated heterocycles. The van der Waals surface area contributed by atoms with Crippen molar-refractivity contribution in [1.82, 2.24) is 5.32 Å². The smallest absolute Gasteiger partial charge is 0.248 e. The van der Waals surface area contributed by atoms with Gasteiger partial charge in [0.2, 0.25) is 5.91 Å². The molecule has 0 aromatic carbocycles. The molecule has 1 amide bonds. The van der Waals surface area contributed by atoms with Gasteiger partial charge in [-0.3, -0.25) is 4.79 Å². The number of alkyl halides is 1. The van der Waals surface area contributed by atoms with Crippen LogP contribution in [0, 0.1) is 0 Å². The highest BCUT2D eigenvalue weighted by atomic mass is 35.5. The van der Waals surface area contributed by atoms with E-state index in [1.54, 1.807) is 13.8 Å². The van der Waals surface area contributed by atoms with Gasteiger partial charge in [-0.2, -0.15) is 0 Å². The van der Waals surface area contributed by atoms with Crippen molar-refractivity contribution < 1.29 is 4.79 Å². The molecule has 0 unspecified atom stereocenters. The fourth-order valence-electron chi connectivity index (χ4n) is 0.550. The largest absolute Gasteiger partial charge is 0.402 e. The molecule has 0 bridgehead atoms. The second-order valence-corrected chi connectivity index (χ2v) is 2.56. The van der Waals surface area contributed by atoms with Gasteiger partial charge in [0.25, 0.3) is 0 Å². The summed E-state index contributed by atoms with van der Waals surface area (Å²) < 4.78 is 0. The Balaban J connectivity index is 0. The number of hydrogen-bond acceptors (Lipinski definition) is 2. The first-order valence-electron chi connectivity index (χ1n) is 4.18. The Kier molecular flexibility index (Phi) is 10.7. The van der Waals surface area contributed by atoms with E-state index in [0.29, 0.717) is 17.8 Å². The van der Waals surface area contributed by atoms with Crippen LogP contribution in [0.5, 0.6) is 0 Å². The molecule has 0 aromatic heterocycles. The number of carbonyl (C=O) groups is 1. The topological polar surface area (TPSA) is 55.1 Å². The van der Waals surface area contributed by atoms with E-state index in [0.717, 1.165) is 6.42 Å². The lowest BCUT2D eigenvalue weighted by atomic mass is 10.2. The van der Waals surface area contributed by atoms with Crippen molar-refractivity contribution in [3.05, 3.63) is 11.3 Å². The van der Waals surface area contributed by atoms with Crippen LogP contribution in [0.4, 0.5) is 0 Å². The van der Waals surface area contributed by atoms with Crippen LogP contribution in [0.1, 0.15) is 27.2 Å². The van der Waals surface area contributed by atoms with Crippen LogP contribution in [0.3, 0.4) is 0 Å². The van der Waals surface area contributed by atoms with Gasteiger partial charge in [-0.1, -0.05) is 6.92 Å². The minimum Gasteiger partial charge on any atom is -0.402 e. The first-order valence-corrected chi connectivity index (χ1v) is 4.94. The van der Waals surface area contributed by atoms with Gasteiger partial charge in [0.1, 0.15) is 0 Å². The third-order valence-electron chi connectivity index (χ3n) is 1.47. The molecular formula is C9H19ClN2O. The summed E-state index contributed by atoms with van der Waals surface area (Å²) in [4.78, 5) is 11.1. The molecule has 0 rings (SSSR count). The lowest BCUT2D eigenvalue weighted by molar-refractivity contribution is -0.117. The zero-order valence-corrected chi connectivity index (χ0v) is 9.53. The van der Waals surface area contributed by atoms with E-state index < -0.39 is 0 Å². The third kappa shape index (κ3) is 7.65. The van der Waals surface area contributed by atoms with Crippen LogP contribution in [0.2, 0.25) is 0 Å². The van der Waals surface area contributed by atoms with E-state index in [-0.39, 0.29) is 5.91 Å². The summed E-state index contributed by atoms with van der Waals surface area (Å²) in [6, 6.07) is 0. The Morgan fingerprint density at radius 1 is 1.38 bits per heavy atom. The third-order valence-corrected chi connectivity index (χ3v) is 1.47. The summed E-state index contributed by atoms with van der Waals surface area (Å²) in [5.74, 6) is -0.0631. The minimum atomic E-state index is -0.0631. The maximum atomic E-state index is 11.1. The Hall–Kier alpha value is -0.700. The van der Waals surface area contributed by atoms with E-state index in [4.69, 9.17) is 5.73 Å². The maximum absolute atomic E-state index is 11.1. The second-order valence-electron chi connectivity index (χ2n) is 2.56. The zero-order valence-electron chi connectivity index (χ0n) is 8.78. The SMILES string of the molecule is CCCNC(=O)/C(C)=C(/C)N.CCl. The minimum absolute atomic E-state index is 0.0631. The molecule has 0 fully saturated rings. The molecule has 0 aliphatic carbocycles. The second kappa shape index (κ2) is 9.39. The van der Waals surface area contributed by atoms with Crippen LogP contribution in [-0.4, -0.2) is 18.8 Å². The van der Waals surface area contributed by atoms with Gasteiger partial charge in [-0.05, 0) is 20.3 Å². The Morgan fingerprint density at radius 2 is 1.85 bits per heavy atom. The highest BCUT2D eigenvalue weighted by Gasteiger charge is 2.03. The summed E-state index contributed by atoms with van der Waals surface area (Å²) in [7, 11) is 0. The molecular weight excluding hydrogens is 188 g/mol. The Labute approximate surface area is 85.3 Å². The van der Waals surface area contributed by atoms with Crippen LogP contribution in [0.25, 0.3) is 0 Å². The van der Waals surface area contributed by atoms with E-state index in [2.05, 4.69) is 16.9 Å². The van der Waals surface area contributed by atoms with E-state index >= 15 is 0 Å². The molecule has 4 heteroatoms. The molecule has 0 aliphatic rings. The maximum Gasteiger partial charge on any atom is 0.248 e. The molecule has 78 valence electrons. The molecule has 0 atom stereocenters. The van der Waals surface area contributed by atoms with Crippen molar-refractivity contribution in [2.24, 2.45) is 5.73 Å². The van der Waals surface area contributed by atoms with Gasteiger partial charge in [-0.25, -0.2) is 0 Å². The number of rotatable bonds is 3. The normalized spacial score (nSPS) is 10.8. The van der Waals surface area contributed by atoms with Crippen LogP contribution in [0.15, 0.2) is 11.3 Å². The van der Waals surface area contributed by atoms with Crippen LogP contribution < -0.4 is 11.1 Å². The highest BCUT2D eigenvalue weighted by Crippen LogP contribution is 1.95. The Bertz CT molecular complexity index is 174. The summed E-state index contributed by atoms with van der Waals surface area (Å²) in [5.41, 5.74) is 6.62. The number of amides is 1. The number of halogens is 1. The summed E-state index contributed by atoms with van der Waals surface area (Å²) in [6.45, 7) is 6.17. The fraction of sp³-hybridized carbons (Fsp3) is 0.667. The average molecular weight is 207 g/mol. The van der Waals surface area contributed by atoms with Crippen molar-refractivity contribution in [3.63, 3.8) is 0 Å². The number of carbonyl (C=O) groups excluding carboxylic acids is 1. The monoisotopic (exact) mass is 206 g/mol. The summed E-state index contributed by atoms with van der Waals surface area (Å²) >= 11 is 4.64. The van der Waals surface area contributed by atoms with Crippen molar-refractivity contribution in [3.8, 4) is 0 Å². The molecule has 0 aliphatic heterocycles. The van der Waals surface area contributed by atoms with Crippen LogP contribution in [-0.2, 0) is 4.79 Å². The van der Waals surface area contributed by atoms with Crippen molar-refractivity contribution in [2.75, 3.05) is 12.9 Å². The highest BCUT2D eigenvalue weighted by molar-refractivity contribution is 6.15. The number of nitrogens with two attached hydrogens (primary N) is 1. The molecule has 13 heavy (non-hydrogen) atoms. The van der Waals surface area contributed by atoms with Crippen molar-refractivity contribution >= 4 is 17.5 Å². The molecule has 3 N–H and O–H groups in total. The summed E-state index contributed by atoms with van der Waals surface area (Å²) in [5, 5.41) is 2.74. The van der Waals surface area contributed by atoms with Crippen LogP contribution >= 0.6 is 11.6 Å². The number of nitrogens with one attached hydrogen (secondary N) is 1. The molecule has 0 spiro atoms. The first kappa shape index (κ1) is 14.8. The average Bonchev–Trinajstić information content (AvgIpc) is 2.16. The van der Waals surface area contributed by atoms with E-state index in [1.165, 1.54) is 6.38 Å². The van der Waals surface area contributed by atoms with Crippen molar-refractivity contribution in [1.29, 1.82) is 0 Å². The standard InChI is InChI=1S/C8H16N2O.CH3Cl/c1-4-5-10-8(11)6(2)7(3)9;1-2/h4-5,9H2,1-3H3,(H,10,11);1H3/b7-6-;. The van der Waals surface area contributed by atoms with Gasteiger partial charge in [0, 0.05) is 24.2 Å². The lowest BCUT2D eigenvalue weighted by Crippen LogP contribution is -2.26. The van der Waals surface area contributed by atoms with Gasteiger partial charge < -0.3 is 11.1 Å². The Morgan fingerprint density at radius 3 is 2.15 bits per heavy atom. The van der Waals surface area contributed by atoms with Crippen molar-refractivity contribution in [2.45, 2.75) is 27.2 Å². The molecule has 0 heterocycles. The van der Waals surface area contributed by atoms with Gasteiger partial charge >= 0.3 is 0 Å². The first-order chi connectivity index (χ1) is 6.09. The van der Waals surface area contributed by atoms with Gasteiger partial charge in [-0.15, -0.1) is 11.6 Å². The molecule has 0 radical (unpaired) electrons. The predicted molar refractivity (Wildman–Crippen MR) is 57.6 cm³/mol. The van der Waals surface area contributed by atoms with Gasteiger partial charge in [0.05, 0.1) is 0 Å². The number of allylic oxidation sites excluding steroid dienone is 1. The predicted octanol–water partition coefficient (Wildman–Crippen LogP) is 1.62. The van der Waals surface area contributed by atoms with E-state index in [9.17, 15) is 4.79 Å². The molecule has 0 aromatic rings. The molecule has 3 nitrogen and oxygen atoms in total. The lowest BCUT2D eigenvalue weighted by Gasteiger charge is -2.04. The summed E-state index contributed by atoms with van der Waals surface area (Å²) in [6.07, 6.45) is 2.42. The van der Waals surface area contributed by atoms with Gasteiger partial charge in [0.15, 0.2) is 0 Å². The fourth-order valence-corrected chi connectivity index (χ4v) is 0.550. The quantitative estimate of drug-likeness (QED) is 0.545. The molecule has 0 saturated carbocycles. The number of hydrogen-bond donors (Lipinski definition) is 2. The van der Waals surface area contributed by atoms with E-state index in [1.807, 2.05) is 6.92 Å².